The molecule has 0 aliphatic carbocycles. The molecule has 0 saturated carbocycles. The number of aliphatic hydroxyl groups is 1. The molecule has 1 N–H and O–H groups in total. The Kier molecular flexibility index (Phi) is 8.39. The van der Waals surface area contributed by atoms with Crippen molar-refractivity contribution >= 4 is 40.1 Å². The van der Waals surface area contributed by atoms with Gasteiger partial charge < -0.3 is 10.0 Å². The molecule has 0 spiro atoms. The number of thiol groups is 1. The van der Waals surface area contributed by atoms with E-state index in [1.165, 1.54) is 58.5 Å². The number of sulfonamides is 1. The quantitative estimate of drug-likeness (QED) is 0.216. The molecule has 0 aromatic heterocycles. The molecule has 1 fully saturated rings. The predicted octanol–water partition coefficient (Wildman–Crippen LogP) is 5.56. The minimum absolute atomic E-state index is 0.0976. The van der Waals surface area contributed by atoms with Gasteiger partial charge in [-0.1, -0.05) is 24.3 Å². The molecular weight excluding hydrogens is 560 g/mol. The molecule has 1 heterocycles. The topological polar surface area (TPSA) is 60.9 Å². The molecule has 0 unspecified atom stereocenters. The summed E-state index contributed by atoms with van der Waals surface area (Å²) in [5.74, 6) is 0.0634. The Labute approximate surface area is 228 Å². The second kappa shape index (κ2) is 11.1. The van der Waals surface area contributed by atoms with E-state index in [-0.39, 0.29) is 42.0 Å². The number of benzene rings is 3. The van der Waals surface area contributed by atoms with Gasteiger partial charge in [0, 0.05) is 40.9 Å². The first-order valence-corrected chi connectivity index (χ1v) is 14.5. The lowest BCUT2D eigenvalue weighted by Gasteiger charge is -2.42. The van der Waals surface area contributed by atoms with Gasteiger partial charge in [-0.25, -0.2) is 12.8 Å². The van der Waals surface area contributed by atoms with Crippen LogP contribution in [0.2, 0.25) is 0 Å². The maximum Gasteiger partial charge on any atom is 0.421 e. The van der Waals surface area contributed by atoms with Gasteiger partial charge >= 0.3 is 6.18 Å². The highest BCUT2D eigenvalue weighted by molar-refractivity contribution is 7.99. The van der Waals surface area contributed by atoms with E-state index in [9.17, 15) is 31.1 Å². The number of rotatable bonds is 7. The van der Waals surface area contributed by atoms with Crippen LogP contribution in [0.25, 0.3) is 0 Å². The highest BCUT2D eigenvalue weighted by atomic mass is 32.2. The summed E-state index contributed by atoms with van der Waals surface area (Å²) in [6.07, 6.45) is -4.84. The first-order valence-electron chi connectivity index (χ1n) is 11.6. The van der Waals surface area contributed by atoms with Crippen LogP contribution in [0.15, 0.2) is 87.5 Å². The zero-order valence-electron chi connectivity index (χ0n) is 20.3. The Morgan fingerprint density at radius 1 is 1.00 bits per heavy atom. The highest BCUT2D eigenvalue weighted by Crippen LogP contribution is 2.39. The molecule has 1 aliphatic heterocycles. The van der Waals surface area contributed by atoms with Crippen molar-refractivity contribution in [3.8, 4) is 0 Å². The Morgan fingerprint density at radius 2 is 1.63 bits per heavy atom. The minimum Gasteiger partial charge on any atom is -0.376 e. The number of piperazine rings is 1. The third-order valence-corrected chi connectivity index (χ3v) is 10.1. The fourth-order valence-corrected chi connectivity index (χ4v) is 7.26. The van der Waals surface area contributed by atoms with E-state index in [4.69, 9.17) is 0 Å². The fraction of sp³-hybridized carbons (Fsp3) is 0.308. The molecule has 5 nitrogen and oxygen atoms in total. The average molecular weight is 587 g/mol. The van der Waals surface area contributed by atoms with Crippen LogP contribution in [0.4, 0.5) is 23.2 Å². The maximum atomic E-state index is 13.4. The first kappa shape index (κ1) is 28.8. The van der Waals surface area contributed by atoms with Gasteiger partial charge in [-0.3, -0.25) is 0 Å². The minimum atomic E-state index is -4.84. The normalized spacial score (nSPS) is 18.8. The monoisotopic (exact) mass is 586 g/mol. The number of anilines is 1. The van der Waals surface area contributed by atoms with Gasteiger partial charge in [0.25, 0.3) is 0 Å². The Hall–Kier alpha value is -2.25. The predicted molar refractivity (Wildman–Crippen MR) is 143 cm³/mol. The van der Waals surface area contributed by atoms with Crippen molar-refractivity contribution in [2.75, 3.05) is 30.3 Å². The number of thioether (sulfide) groups is 1. The lowest BCUT2D eigenvalue weighted by Crippen LogP contribution is -2.56. The number of nitrogens with zero attached hydrogens (tertiary/aromatic N) is 2. The van der Waals surface area contributed by atoms with E-state index >= 15 is 0 Å². The Balaban J connectivity index is 1.61. The molecule has 0 amide bonds. The van der Waals surface area contributed by atoms with Crippen molar-refractivity contribution < 1.29 is 31.1 Å². The van der Waals surface area contributed by atoms with Gasteiger partial charge in [0.15, 0.2) is 5.60 Å². The molecular formula is C26H26F4N2O3S3. The lowest BCUT2D eigenvalue weighted by atomic mass is 9.95. The van der Waals surface area contributed by atoms with E-state index in [0.717, 1.165) is 4.90 Å². The summed E-state index contributed by atoms with van der Waals surface area (Å²) in [6, 6.07) is 17.5. The van der Waals surface area contributed by atoms with Crippen molar-refractivity contribution in [1.82, 2.24) is 4.31 Å². The molecule has 2 atom stereocenters. The van der Waals surface area contributed by atoms with Crippen LogP contribution in [-0.4, -0.2) is 55.4 Å². The summed E-state index contributed by atoms with van der Waals surface area (Å²) in [6.45, 7) is 1.27. The maximum absolute atomic E-state index is 13.4. The summed E-state index contributed by atoms with van der Waals surface area (Å²) in [5, 5.41) is 10.0. The third kappa shape index (κ3) is 5.99. The molecule has 12 heteroatoms. The Morgan fingerprint density at radius 3 is 2.24 bits per heavy atom. The number of hydrogen-bond donors (Lipinski definition) is 2. The van der Waals surface area contributed by atoms with Gasteiger partial charge in [0.1, 0.15) is 5.82 Å². The number of halogens is 4. The Bertz CT molecular complexity index is 1370. The largest absolute Gasteiger partial charge is 0.421 e. The van der Waals surface area contributed by atoms with Gasteiger partial charge in [0.05, 0.1) is 10.9 Å². The van der Waals surface area contributed by atoms with Crippen LogP contribution >= 0.6 is 24.4 Å². The first-order chi connectivity index (χ1) is 17.8. The summed E-state index contributed by atoms with van der Waals surface area (Å²) >= 11 is 5.73. The van der Waals surface area contributed by atoms with Crippen molar-refractivity contribution in [3.63, 3.8) is 0 Å². The summed E-state index contributed by atoms with van der Waals surface area (Å²) in [7, 11) is -3.85. The van der Waals surface area contributed by atoms with Crippen LogP contribution in [0.5, 0.6) is 0 Å². The van der Waals surface area contributed by atoms with Gasteiger partial charge in [0.2, 0.25) is 10.0 Å². The molecule has 4 rings (SSSR count). The van der Waals surface area contributed by atoms with E-state index in [1.54, 1.807) is 30.3 Å². The zero-order chi connectivity index (χ0) is 27.7. The zero-order valence-corrected chi connectivity index (χ0v) is 22.8. The van der Waals surface area contributed by atoms with Crippen LogP contribution in [-0.2, 0) is 15.6 Å². The van der Waals surface area contributed by atoms with Crippen LogP contribution in [0, 0.1) is 5.82 Å². The van der Waals surface area contributed by atoms with E-state index in [2.05, 4.69) is 12.6 Å². The molecule has 3 aromatic carbocycles. The molecule has 204 valence electrons. The van der Waals surface area contributed by atoms with Crippen LogP contribution < -0.4 is 4.90 Å². The second-order valence-electron chi connectivity index (χ2n) is 9.06. The summed E-state index contributed by atoms with van der Waals surface area (Å²) in [5.41, 5.74) is -2.70. The molecule has 38 heavy (non-hydrogen) atoms. The second-order valence-corrected chi connectivity index (χ2v) is 12.5. The van der Waals surface area contributed by atoms with Gasteiger partial charge in [-0.2, -0.15) is 17.5 Å². The standard InChI is InChI=1S/C26H26F4N2O3S3/c1-25(33,26(28,29)30)18-6-10-20(11-7-18)32-15-14-31(38(34,35)24-5-3-2-4-23(24)36)16-21(32)17-37-22-12-8-19(27)9-13-22/h2-13,21,33,36H,14-17H2,1H3/t21-,25-/m1/s1. The molecule has 0 bridgehead atoms. The molecule has 1 saturated heterocycles. The van der Waals surface area contributed by atoms with Gasteiger partial charge in [-0.05, 0) is 61.0 Å². The van der Waals surface area contributed by atoms with Crippen molar-refractivity contribution in [3.05, 3.63) is 84.2 Å². The number of alkyl halides is 3. The third-order valence-electron chi connectivity index (χ3n) is 6.50. The molecule has 0 radical (unpaired) electrons. The smallest absolute Gasteiger partial charge is 0.376 e. The lowest BCUT2D eigenvalue weighted by molar-refractivity contribution is -0.258. The number of hydrogen-bond acceptors (Lipinski definition) is 6. The van der Waals surface area contributed by atoms with Crippen molar-refractivity contribution in [1.29, 1.82) is 0 Å². The fourth-order valence-electron chi connectivity index (χ4n) is 4.21. The average Bonchev–Trinajstić information content (AvgIpc) is 2.88. The van der Waals surface area contributed by atoms with Gasteiger partial charge in [-0.15, -0.1) is 24.4 Å². The van der Waals surface area contributed by atoms with Crippen LogP contribution in [0.3, 0.4) is 0 Å². The SMILES string of the molecule is C[C@@](O)(c1ccc(N2CCN(S(=O)(=O)c3ccccc3S)C[C@@H]2CSc2ccc(F)cc2)cc1)C(F)(F)F. The van der Waals surface area contributed by atoms with E-state index in [0.29, 0.717) is 23.3 Å². The van der Waals surface area contributed by atoms with Crippen molar-refractivity contribution in [2.24, 2.45) is 0 Å². The van der Waals surface area contributed by atoms with E-state index < -0.39 is 21.8 Å². The molecule has 1 aliphatic rings. The highest BCUT2D eigenvalue weighted by Gasteiger charge is 2.51. The summed E-state index contributed by atoms with van der Waals surface area (Å²) < 4.78 is 81.5. The molecule has 3 aromatic rings. The van der Waals surface area contributed by atoms with Crippen molar-refractivity contribution in [2.45, 2.75) is 39.4 Å². The van der Waals surface area contributed by atoms with Crippen LogP contribution in [0.1, 0.15) is 12.5 Å². The summed E-state index contributed by atoms with van der Waals surface area (Å²) in [4.78, 5) is 3.17. The van der Waals surface area contributed by atoms with E-state index in [1.807, 2.05) is 4.90 Å².